The molecule has 1 saturated carbocycles. The van der Waals surface area contributed by atoms with Crippen molar-refractivity contribution >= 4 is 61.3 Å². The third kappa shape index (κ3) is 4.91. The first-order valence-corrected chi connectivity index (χ1v) is 14.9. The molecule has 214 valence electrons. The average molecular weight is 600 g/mol. The van der Waals surface area contributed by atoms with Gasteiger partial charge >= 0.3 is 0 Å². The molecule has 0 spiro atoms. The van der Waals surface area contributed by atoms with Crippen LogP contribution in [0.15, 0.2) is 48.2 Å². The smallest absolute Gasteiger partial charge is 0.245 e. The summed E-state index contributed by atoms with van der Waals surface area (Å²) in [6.45, 7) is 7.02. The van der Waals surface area contributed by atoms with Crippen molar-refractivity contribution in [2.45, 2.75) is 51.6 Å². The first-order chi connectivity index (χ1) is 20.1. The second-order valence-corrected chi connectivity index (χ2v) is 13.2. The number of thiazole rings is 1. The first-order valence-electron chi connectivity index (χ1n) is 13.7. The molecule has 3 heterocycles. The van der Waals surface area contributed by atoms with Crippen molar-refractivity contribution < 1.29 is 4.79 Å². The Labute approximate surface area is 251 Å². The van der Waals surface area contributed by atoms with Gasteiger partial charge in [-0.2, -0.15) is 5.26 Å². The van der Waals surface area contributed by atoms with Gasteiger partial charge in [0.25, 0.3) is 0 Å². The number of nitrogens with two attached hydrogens (primary N) is 1. The number of fused-ring (bicyclic) bond motifs is 2. The Morgan fingerprint density at radius 1 is 1.29 bits per heavy atom. The largest absolute Gasteiger partial charge is 0.383 e. The number of aromatic nitrogens is 5. The number of carbonyl (C=O) groups is 1. The maximum Gasteiger partial charge on any atom is 0.245 e. The Hall–Kier alpha value is -4.27. The van der Waals surface area contributed by atoms with E-state index in [1.54, 1.807) is 28.4 Å². The number of hydrogen-bond acceptors (Lipinski definition) is 9. The summed E-state index contributed by atoms with van der Waals surface area (Å²) in [7, 11) is 0. The summed E-state index contributed by atoms with van der Waals surface area (Å²) >= 11 is 8.33. The maximum atomic E-state index is 12.4. The van der Waals surface area contributed by atoms with Gasteiger partial charge in [-0.3, -0.25) is 9.78 Å². The zero-order valence-corrected chi connectivity index (χ0v) is 25.1. The second-order valence-electron chi connectivity index (χ2n) is 11.9. The molecule has 1 aliphatic carbocycles. The Morgan fingerprint density at radius 3 is 2.79 bits per heavy atom. The van der Waals surface area contributed by atoms with Gasteiger partial charge in [-0.25, -0.2) is 9.67 Å². The van der Waals surface area contributed by atoms with Crippen LogP contribution in [0.4, 0.5) is 11.4 Å². The quantitative estimate of drug-likeness (QED) is 0.197. The molecule has 0 saturated heterocycles. The number of halogens is 1. The minimum atomic E-state index is -0.856. The number of anilines is 2. The van der Waals surface area contributed by atoms with E-state index >= 15 is 0 Å². The van der Waals surface area contributed by atoms with Crippen LogP contribution < -0.4 is 16.4 Å². The predicted octanol–water partition coefficient (Wildman–Crippen LogP) is 5.99. The Kier molecular flexibility index (Phi) is 6.99. The third-order valence-corrected chi connectivity index (χ3v) is 8.91. The van der Waals surface area contributed by atoms with Crippen LogP contribution in [0.3, 0.4) is 0 Å². The number of carbonyl (C=O) groups excluding carboxylic acids is 1. The van der Waals surface area contributed by atoms with Gasteiger partial charge in [0, 0.05) is 23.8 Å². The van der Waals surface area contributed by atoms with E-state index in [1.807, 2.05) is 35.8 Å². The molecule has 3 aromatic heterocycles. The van der Waals surface area contributed by atoms with Crippen LogP contribution in [-0.4, -0.2) is 37.4 Å². The average Bonchev–Trinajstić information content (AvgIpc) is 3.59. The van der Waals surface area contributed by atoms with Crippen LogP contribution in [0.5, 0.6) is 0 Å². The molecule has 1 unspecified atom stereocenters. The summed E-state index contributed by atoms with van der Waals surface area (Å²) < 4.78 is 2.62. The van der Waals surface area contributed by atoms with Gasteiger partial charge in [0.05, 0.1) is 49.8 Å². The molecule has 0 aliphatic heterocycles. The lowest BCUT2D eigenvalue weighted by Crippen LogP contribution is -2.51. The number of primary amides is 1. The Bertz CT molecular complexity index is 1860. The minimum absolute atomic E-state index is 0.0188. The highest BCUT2D eigenvalue weighted by molar-refractivity contribution is 7.17. The van der Waals surface area contributed by atoms with Gasteiger partial charge in [0.1, 0.15) is 17.3 Å². The lowest BCUT2D eigenvalue weighted by atomic mass is 9.76. The standard InChI is InChI=1S/C30H30ClN9OS/c1-29(2,3)15-35-24-17(12-32)13-34-25-20(24)10-18(11-21(25)31)37-26(19-6-4-7-22-27(19)42-16-36-22)23-14-40(39-38-23)30(28(33)41)8-5-9-30/h4,6-7,10-11,13-14,16,26,37H,5,8-9,15H2,1-3H3,(H2,33,41)(H,34,35). The number of amides is 1. The molecule has 42 heavy (non-hydrogen) atoms. The van der Waals surface area contributed by atoms with Crippen LogP contribution in [0, 0.1) is 16.7 Å². The van der Waals surface area contributed by atoms with Crippen LogP contribution in [0.25, 0.3) is 21.1 Å². The number of benzene rings is 2. The highest BCUT2D eigenvalue weighted by Crippen LogP contribution is 2.41. The molecule has 1 fully saturated rings. The van der Waals surface area contributed by atoms with Crippen LogP contribution in [0.2, 0.25) is 5.02 Å². The maximum absolute atomic E-state index is 12.4. The Balaban J connectivity index is 1.47. The summed E-state index contributed by atoms with van der Waals surface area (Å²) in [4.78, 5) is 21.4. The van der Waals surface area contributed by atoms with Crippen molar-refractivity contribution in [1.82, 2.24) is 25.0 Å². The van der Waals surface area contributed by atoms with Crippen LogP contribution >= 0.6 is 22.9 Å². The lowest BCUT2D eigenvalue weighted by molar-refractivity contribution is -0.131. The summed E-state index contributed by atoms with van der Waals surface area (Å²) in [5.41, 5.74) is 11.6. The number of nitrogens with zero attached hydrogens (tertiary/aromatic N) is 6. The van der Waals surface area contributed by atoms with Crippen molar-refractivity contribution in [3.05, 3.63) is 70.1 Å². The normalized spacial score (nSPS) is 15.2. The van der Waals surface area contributed by atoms with Crippen molar-refractivity contribution in [1.29, 1.82) is 5.26 Å². The summed E-state index contributed by atoms with van der Waals surface area (Å²) in [6, 6.07) is 11.5. The number of nitrogens with one attached hydrogen (secondary N) is 2. The van der Waals surface area contributed by atoms with E-state index in [-0.39, 0.29) is 5.41 Å². The summed E-state index contributed by atoms with van der Waals surface area (Å²) in [6.07, 6.45) is 5.52. The third-order valence-electron chi connectivity index (χ3n) is 7.73. The van der Waals surface area contributed by atoms with Crippen LogP contribution in [0.1, 0.15) is 62.9 Å². The summed E-state index contributed by atoms with van der Waals surface area (Å²) in [5.74, 6) is -0.406. The highest BCUT2D eigenvalue weighted by Gasteiger charge is 2.46. The van der Waals surface area contributed by atoms with Crippen molar-refractivity contribution in [3.63, 3.8) is 0 Å². The fourth-order valence-electron chi connectivity index (χ4n) is 5.30. The number of hydrogen-bond donors (Lipinski definition) is 3. The lowest BCUT2D eigenvalue weighted by Gasteiger charge is -2.38. The van der Waals surface area contributed by atoms with Crippen molar-refractivity contribution in [2.24, 2.45) is 11.1 Å². The molecular weight excluding hydrogens is 570 g/mol. The van der Waals surface area contributed by atoms with E-state index in [0.717, 1.165) is 27.6 Å². The van der Waals surface area contributed by atoms with Gasteiger partial charge < -0.3 is 16.4 Å². The molecule has 0 radical (unpaired) electrons. The Morgan fingerprint density at radius 2 is 2.10 bits per heavy atom. The number of pyridine rings is 1. The van der Waals surface area contributed by atoms with Crippen molar-refractivity contribution in [2.75, 3.05) is 17.2 Å². The van der Waals surface area contributed by atoms with Gasteiger partial charge in [0.15, 0.2) is 0 Å². The van der Waals surface area contributed by atoms with Gasteiger partial charge in [-0.1, -0.05) is 49.7 Å². The van der Waals surface area contributed by atoms with E-state index < -0.39 is 17.5 Å². The molecule has 6 rings (SSSR count). The molecule has 0 bridgehead atoms. The van der Waals surface area contributed by atoms with E-state index in [1.165, 1.54) is 0 Å². The molecule has 2 aromatic carbocycles. The molecule has 5 aromatic rings. The SMILES string of the molecule is CC(C)(C)CNc1c(C#N)cnc2c(Cl)cc(NC(c3cn(C4(C(N)=O)CCC4)nn3)c3cccc4ncsc34)cc12. The van der Waals surface area contributed by atoms with E-state index in [0.29, 0.717) is 52.6 Å². The zero-order valence-electron chi connectivity index (χ0n) is 23.5. The predicted molar refractivity (Wildman–Crippen MR) is 166 cm³/mol. The zero-order chi connectivity index (χ0) is 29.6. The topological polar surface area (TPSA) is 147 Å². The molecule has 4 N–H and O–H groups in total. The summed E-state index contributed by atoms with van der Waals surface area (Å²) in [5, 5.41) is 27.0. The molecular formula is C30H30ClN9OS. The van der Waals surface area contributed by atoms with Gasteiger partial charge in [-0.05, 0) is 48.4 Å². The molecule has 10 nitrogen and oxygen atoms in total. The number of nitriles is 1. The molecule has 1 atom stereocenters. The highest BCUT2D eigenvalue weighted by atomic mass is 35.5. The molecule has 1 amide bonds. The fourth-order valence-corrected chi connectivity index (χ4v) is 6.41. The monoisotopic (exact) mass is 599 g/mol. The fraction of sp³-hybridized carbons (Fsp3) is 0.333. The van der Waals surface area contributed by atoms with E-state index in [4.69, 9.17) is 17.3 Å². The minimum Gasteiger partial charge on any atom is -0.383 e. The van der Waals surface area contributed by atoms with E-state index in [9.17, 15) is 10.1 Å². The van der Waals surface area contributed by atoms with Gasteiger partial charge in [0.2, 0.25) is 5.91 Å². The second kappa shape index (κ2) is 10.5. The first kappa shape index (κ1) is 27.9. The van der Waals surface area contributed by atoms with Crippen molar-refractivity contribution in [3.8, 4) is 6.07 Å². The molecule has 1 aliphatic rings. The molecule has 12 heteroatoms. The van der Waals surface area contributed by atoms with E-state index in [2.05, 4.69) is 57.8 Å². The van der Waals surface area contributed by atoms with Gasteiger partial charge in [-0.15, -0.1) is 16.4 Å². The number of rotatable bonds is 8. The van der Waals surface area contributed by atoms with Crippen LogP contribution in [-0.2, 0) is 10.3 Å².